The summed E-state index contributed by atoms with van der Waals surface area (Å²) in [6, 6.07) is 7.08. The normalized spacial score (nSPS) is 12.2. The number of hydrogen-bond donors (Lipinski definition) is 2. The topological polar surface area (TPSA) is 69.6 Å². The Bertz CT molecular complexity index is 479. The average Bonchev–Trinajstić information content (AvgIpc) is 2.38. The second-order valence-corrected chi connectivity index (χ2v) is 5.41. The summed E-state index contributed by atoms with van der Waals surface area (Å²) in [5, 5.41) is 11.9. The molecule has 6 heteroatoms. The molecule has 2 N–H and O–H groups in total. The van der Waals surface area contributed by atoms with E-state index in [4.69, 9.17) is 5.11 Å². The van der Waals surface area contributed by atoms with E-state index in [1.54, 1.807) is 6.92 Å². The Balaban J connectivity index is 2.74. The lowest BCUT2D eigenvalue weighted by Gasteiger charge is -2.26. The zero-order valence-electron chi connectivity index (χ0n) is 11.6. The first-order valence-corrected chi connectivity index (χ1v) is 7.15. The average molecular weight is 343 g/mol. The minimum absolute atomic E-state index is 0.117. The van der Waals surface area contributed by atoms with Crippen molar-refractivity contribution in [2.75, 3.05) is 13.1 Å². The van der Waals surface area contributed by atoms with Gasteiger partial charge in [-0.2, -0.15) is 0 Å². The zero-order valence-corrected chi connectivity index (χ0v) is 13.2. The van der Waals surface area contributed by atoms with Crippen LogP contribution in [0.5, 0.6) is 0 Å². The van der Waals surface area contributed by atoms with Crippen molar-refractivity contribution >= 4 is 27.8 Å². The van der Waals surface area contributed by atoms with Crippen LogP contribution in [0.25, 0.3) is 0 Å². The lowest BCUT2D eigenvalue weighted by Crippen LogP contribution is -2.42. The third-order valence-corrected chi connectivity index (χ3v) is 3.78. The molecule has 0 fully saturated rings. The van der Waals surface area contributed by atoms with Gasteiger partial charge in [0.15, 0.2) is 0 Å². The first-order chi connectivity index (χ1) is 9.41. The molecule has 0 aromatic heterocycles. The molecule has 0 bridgehead atoms. The molecule has 0 aliphatic carbocycles. The third-order valence-electron chi connectivity index (χ3n) is 3.01. The van der Waals surface area contributed by atoms with Gasteiger partial charge in [0.1, 0.15) is 6.04 Å². The highest BCUT2D eigenvalue weighted by Crippen LogP contribution is 2.18. The van der Waals surface area contributed by atoms with Crippen molar-refractivity contribution < 1.29 is 14.7 Å². The van der Waals surface area contributed by atoms with Gasteiger partial charge in [-0.1, -0.05) is 34.1 Å². The molecule has 0 radical (unpaired) electrons. The first kappa shape index (κ1) is 16.7. The van der Waals surface area contributed by atoms with Crippen LogP contribution in [-0.4, -0.2) is 41.0 Å². The second-order valence-electron chi connectivity index (χ2n) is 4.56. The quantitative estimate of drug-likeness (QED) is 0.793. The van der Waals surface area contributed by atoms with Crippen molar-refractivity contribution in [2.24, 2.45) is 0 Å². The summed E-state index contributed by atoms with van der Waals surface area (Å²) in [7, 11) is 0. The largest absolute Gasteiger partial charge is 0.480 e. The van der Waals surface area contributed by atoms with E-state index in [2.05, 4.69) is 21.2 Å². The molecule has 5 nitrogen and oxygen atoms in total. The van der Waals surface area contributed by atoms with Crippen molar-refractivity contribution in [2.45, 2.75) is 26.4 Å². The van der Waals surface area contributed by atoms with Crippen LogP contribution in [-0.2, 0) is 16.1 Å². The van der Waals surface area contributed by atoms with Crippen LogP contribution in [0.2, 0.25) is 0 Å². The molecule has 1 unspecified atom stereocenters. The van der Waals surface area contributed by atoms with Gasteiger partial charge in [-0.25, -0.2) is 0 Å². The maximum absolute atomic E-state index is 11.2. The van der Waals surface area contributed by atoms with E-state index in [9.17, 15) is 9.59 Å². The molecule has 1 atom stereocenters. The van der Waals surface area contributed by atoms with Crippen LogP contribution in [0.4, 0.5) is 0 Å². The molecule has 0 heterocycles. The molecular formula is C14H19BrN2O3. The summed E-state index contributed by atoms with van der Waals surface area (Å²) in [6.45, 7) is 4.51. The number of hydrogen-bond acceptors (Lipinski definition) is 3. The van der Waals surface area contributed by atoms with E-state index in [1.165, 1.54) is 6.92 Å². The summed E-state index contributed by atoms with van der Waals surface area (Å²) in [5.74, 6) is -0.992. The monoisotopic (exact) mass is 342 g/mol. The number of halogens is 1. The van der Waals surface area contributed by atoms with Gasteiger partial charge in [0, 0.05) is 31.0 Å². The molecule has 0 aliphatic heterocycles. The minimum Gasteiger partial charge on any atom is -0.480 e. The molecule has 110 valence electrons. The predicted octanol–water partition coefficient (Wildman–Crippen LogP) is 1.86. The Morgan fingerprint density at radius 3 is 2.60 bits per heavy atom. The van der Waals surface area contributed by atoms with E-state index in [0.29, 0.717) is 19.6 Å². The first-order valence-electron chi connectivity index (χ1n) is 6.36. The molecule has 0 aliphatic rings. The molecule has 1 aromatic rings. The lowest BCUT2D eigenvalue weighted by molar-refractivity contribution is -0.142. The summed E-state index contributed by atoms with van der Waals surface area (Å²) in [4.78, 5) is 23.9. The fourth-order valence-corrected chi connectivity index (χ4v) is 2.20. The highest BCUT2D eigenvalue weighted by atomic mass is 79.9. The van der Waals surface area contributed by atoms with Crippen LogP contribution in [0.15, 0.2) is 28.7 Å². The fraction of sp³-hybridized carbons (Fsp3) is 0.429. The number of carboxylic acids is 1. The number of carbonyl (C=O) groups is 2. The maximum atomic E-state index is 11.2. The molecule has 0 saturated heterocycles. The number of aliphatic carboxylic acids is 1. The smallest absolute Gasteiger partial charge is 0.320 e. The van der Waals surface area contributed by atoms with Crippen LogP contribution in [0.3, 0.4) is 0 Å². The highest BCUT2D eigenvalue weighted by molar-refractivity contribution is 9.10. The van der Waals surface area contributed by atoms with Gasteiger partial charge in [-0.05, 0) is 18.6 Å². The lowest BCUT2D eigenvalue weighted by atomic mass is 10.2. The minimum atomic E-state index is -0.875. The molecule has 0 saturated carbocycles. The predicted molar refractivity (Wildman–Crippen MR) is 80.3 cm³/mol. The van der Waals surface area contributed by atoms with E-state index in [0.717, 1.165) is 10.0 Å². The zero-order chi connectivity index (χ0) is 15.1. The van der Waals surface area contributed by atoms with Gasteiger partial charge in [-0.3, -0.25) is 14.5 Å². The van der Waals surface area contributed by atoms with E-state index < -0.39 is 12.0 Å². The van der Waals surface area contributed by atoms with E-state index >= 15 is 0 Å². The second kappa shape index (κ2) is 8.01. The summed E-state index contributed by atoms with van der Waals surface area (Å²) in [6.07, 6.45) is 0. The van der Waals surface area contributed by atoms with Gasteiger partial charge in [0.05, 0.1) is 0 Å². The van der Waals surface area contributed by atoms with E-state index in [1.807, 2.05) is 29.2 Å². The molecule has 1 amide bonds. The number of carbonyl (C=O) groups excluding carboxylic acids is 1. The van der Waals surface area contributed by atoms with Gasteiger partial charge >= 0.3 is 5.97 Å². The molecular weight excluding hydrogens is 324 g/mol. The van der Waals surface area contributed by atoms with Gasteiger partial charge in [0.25, 0.3) is 0 Å². The maximum Gasteiger partial charge on any atom is 0.320 e. The Morgan fingerprint density at radius 2 is 2.05 bits per heavy atom. The Hall–Kier alpha value is -1.40. The van der Waals surface area contributed by atoms with Crippen molar-refractivity contribution in [3.8, 4) is 0 Å². The number of nitrogens with one attached hydrogen (secondary N) is 1. The number of rotatable bonds is 7. The van der Waals surface area contributed by atoms with Crippen molar-refractivity contribution in [1.82, 2.24) is 10.2 Å². The Kier molecular flexibility index (Phi) is 6.67. The van der Waals surface area contributed by atoms with Crippen LogP contribution in [0, 0.1) is 0 Å². The highest BCUT2D eigenvalue weighted by Gasteiger charge is 2.21. The Labute approximate surface area is 127 Å². The van der Waals surface area contributed by atoms with Crippen molar-refractivity contribution in [1.29, 1.82) is 0 Å². The Morgan fingerprint density at radius 1 is 1.40 bits per heavy atom. The number of amides is 1. The summed E-state index contributed by atoms with van der Waals surface area (Å²) < 4.78 is 0.946. The van der Waals surface area contributed by atoms with Gasteiger partial charge in [-0.15, -0.1) is 0 Å². The summed E-state index contributed by atoms with van der Waals surface area (Å²) in [5.41, 5.74) is 1.02. The van der Waals surface area contributed by atoms with Gasteiger partial charge < -0.3 is 10.4 Å². The fourth-order valence-electron chi connectivity index (χ4n) is 1.79. The number of carboxylic acid groups (broad SMARTS) is 1. The SMILES string of the molecule is CC(=O)NCCN(Cc1ccccc1Br)C(C)C(=O)O. The van der Waals surface area contributed by atoms with Crippen LogP contribution in [0.1, 0.15) is 19.4 Å². The van der Waals surface area contributed by atoms with Crippen molar-refractivity contribution in [3.63, 3.8) is 0 Å². The standard InChI is InChI=1S/C14H19BrN2O3/c1-10(14(19)20)17(8-7-16-11(2)18)9-12-5-3-4-6-13(12)15/h3-6,10H,7-9H2,1-2H3,(H,16,18)(H,19,20). The van der Waals surface area contributed by atoms with Crippen molar-refractivity contribution in [3.05, 3.63) is 34.3 Å². The number of benzene rings is 1. The van der Waals surface area contributed by atoms with Crippen LogP contribution >= 0.6 is 15.9 Å². The molecule has 1 rings (SSSR count). The molecule has 20 heavy (non-hydrogen) atoms. The molecule has 1 aromatic carbocycles. The molecule has 0 spiro atoms. The number of nitrogens with zero attached hydrogens (tertiary/aromatic N) is 1. The van der Waals surface area contributed by atoms with Gasteiger partial charge in [0.2, 0.25) is 5.91 Å². The van der Waals surface area contributed by atoms with Crippen LogP contribution < -0.4 is 5.32 Å². The summed E-state index contributed by atoms with van der Waals surface area (Å²) >= 11 is 3.46. The third kappa shape index (κ3) is 5.30. The van der Waals surface area contributed by atoms with E-state index in [-0.39, 0.29) is 5.91 Å².